The third kappa shape index (κ3) is 4.49. The zero-order valence-electron chi connectivity index (χ0n) is 10.5. The van der Waals surface area contributed by atoms with E-state index in [0.717, 1.165) is 19.7 Å². The van der Waals surface area contributed by atoms with Gasteiger partial charge in [0, 0.05) is 32.3 Å². The Kier molecular flexibility index (Phi) is 6.22. The van der Waals surface area contributed by atoms with Crippen LogP contribution < -0.4 is 5.32 Å². The standard InChI is InChI=1S/C12H26N2O/c1-4-6-12(9-13-3)14-7-5-8-15-11(2)10-14/h11-13H,4-10H2,1-3H3. The number of nitrogens with one attached hydrogen (secondary N) is 1. The molecule has 0 saturated carbocycles. The maximum Gasteiger partial charge on any atom is 0.0674 e. The van der Waals surface area contributed by atoms with Gasteiger partial charge >= 0.3 is 0 Å². The summed E-state index contributed by atoms with van der Waals surface area (Å²) >= 11 is 0. The summed E-state index contributed by atoms with van der Waals surface area (Å²) in [5.74, 6) is 0. The molecule has 0 radical (unpaired) electrons. The summed E-state index contributed by atoms with van der Waals surface area (Å²) in [4.78, 5) is 2.59. The fraction of sp³-hybridized carbons (Fsp3) is 1.00. The minimum absolute atomic E-state index is 0.392. The molecule has 15 heavy (non-hydrogen) atoms. The van der Waals surface area contributed by atoms with Crippen LogP contribution in [0.25, 0.3) is 0 Å². The van der Waals surface area contributed by atoms with Crippen LogP contribution in [0.2, 0.25) is 0 Å². The fourth-order valence-electron chi connectivity index (χ4n) is 2.34. The lowest BCUT2D eigenvalue weighted by Crippen LogP contribution is -2.44. The van der Waals surface area contributed by atoms with Crippen molar-refractivity contribution in [1.29, 1.82) is 0 Å². The Balaban J connectivity index is 2.47. The monoisotopic (exact) mass is 214 g/mol. The molecule has 1 heterocycles. The molecule has 0 aliphatic carbocycles. The summed E-state index contributed by atoms with van der Waals surface area (Å²) in [5.41, 5.74) is 0. The number of hydrogen-bond donors (Lipinski definition) is 1. The highest BCUT2D eigenvalue weighted by Gasteiger charge is 2.21. The van der Waals surface area contributed by atoms with E-state index in [1.165, 1.54) is 25.8 Å². The van der Waals surface area contributed by atoms with Gasteiger partial charge in [-0.2, -0.15) is 0 Å². The SMILES string of the molecule is CCCC(CNC)N1CCCOC(C)C1. The van der Waals surface area contributed by atoms with Gasteiger partial charge in [-0.3, -0.25) is 4.90 Å². The van der Waals surface area contributed by atoms with E-state index in [1.54, 1.807) is 0 Å². The van der Waals surface area contributed by atoms with Crippen molar-refractivity contribution in [2.24, 2.45) is 0 Å². The molecule has 0 aromatic rings. The van der Waals surface area contributed by atoms with E-state index in [4.69, 9.17) is 4.74 Å². The molecule has 1 rings (SSSR count). The lowest BCUT2D eigenvalue weighted by Gasteiger charge is -2.31. The molecule has 0 amide bonds. The van der Waals surface area contributed by atoms with Crippen molar-refractivity contribution in [3.8, 4) is 0 Å². The van der Waals surface area contributed by atoms with Crippen molar-refractivity contribution in [3.05, 3.63) is 0 Å². The number of ether oxygens (including phenoxy) is 1. The number of likely N-dealkylation sites (N-methyl/N-ethyl adjacent to an activating group) is 1. The van der Waals surface area contributed by atoms with Gasteiger partial charge < -0.3 is 10.1 Å². The second kappa shape index (κ2) is 7.20. The molecule has 1 aliphatic heterocycles. The van der Waals surface area contributed by atoms with E-state index < -0.39 is 0 Å². The molecule has 2 atom stereocenters. The fourth-order valence-corrected chi connectivity index (χ4v) is 2.34. The summed E-state index contributed by atoms with van der Waals surface area (Å²) in [5, 5.41) is 3.30. The van der Waals surface area contributed by atoms with Crippen molar-refractivity contribution < 1.29 is 4.74 Å². The third-order valence-electron chi connectivity index (χ3n) is 3.06. The Morgan fingerprint density at radius 2 is 2.33 bits per heavy atom. The van der Waals surface area contributed by atoms with Crippen LogP contribution in [0.15, 0.2) is 0 Å². The smallest absolute Gasteiger partial charge is 0.0674 e. The first kappa shape index (κ1) is 12.9. The van der Waals surface area contributed by atoms with Crippen LogP contribution in [-0.2, 0) is 4.74 Å². The Morgan fingerprint density at radius 3 is 3.00 bits per heavy atom. The van der Waals surface area contributed by atoms with Crippen molar-refractivity contribution in [2.75, 3.05) is 33.3 Å². The molecule has 1 saturated heterocycles. The maximum atomic E-state index is 5.68. The first-order valence-electron chi connectivity index (χ1n) is 6.28. The topological polar surface area (TPSA) is 24.5 Å². The summed E-state index contributed by atoms with van der Waals surface area (Å²) in [6, 6.07) is 0.684. The molecule has 0 bridgehead atoms. The highest BCUT2D eigenvalue weighted by molar-refractivity contribution is 4.77. The first-order valence-corrected chi connectivity index (χ1v) is 6.28. The number of hydrogen-bond acceptors (Lipinski definition) is 3. The van der Waals surface area contributed by atoms with Gasteiger partial charge in [0.15, 0.2) is 0 Å². The van der Waals surface area contributed by atoms with Gasteiger partial charge in [-0.05, 0) is 26.8 Å². The van der Waals surface area contributed by atoms with Crippen LogP contribution in [0.4, 0.5) is 0 Å². The molecular weight excluding hydrogens is 188 g/mol. The molecule has 0 aromatic carbocycles. The molecular formula is C12H26N2O. The van der Waals surface area contributed by atoms with E-state index in [-0.39, 0.29) is 0 Å². The van der Waals surface area contributed by atoms with Crippen LogP contribution in [0, 0.1) is 0 Å². The van der Waals surface area contributed by atoms with Crippen LogP contribution in [0.1, 0.15) is 33.1 Å². The molecule has 0 spiro atoms. The summed E-state index contributed by atoms with van der Waals surface area (Å²) in [6.07, 6.45) is 4.11. The predicted molar refractivity (Wildman–Crippen MR) is 64.2 cm³/mol. The van der Waals surface area contributed by atoms with Crippen molar-refractivity contribution in [2.45, 2.75) is 45.3 Å². The van der Waals surface area contributed by atoms with Gasteiger partial charge in [0.2, 0.25) is 0 Å². The average molecular weight is 214 g/mol. The van der Waals surface area contributed by atoms with Gasteiger partial charge in [-0.1, -0.05) is 13.3 Å². The molecule has 1 fully saturated rings. The van der Waals surface area contributed by atoms with Crippen LogP contribution >= 0.6 is 0 Å². The van der Waals surface area contributed by atoms with Gasteiger partial charge in [0.1, 0.15) is 0 Å². The lowest BCUT2D eigenvalue weighted by atomic mass is 10.1. The molecule has 1 N–H and O–H groups in total. The molecule has 0 aromatic heterocycles. The number of rotatable bonds is 5. The first-order chi connectivity index (χ1) is 7.27. The van der Waals surface area contributed by atoms with Gasteiger partial charge in [0.05, 0.1) is 6.10 Å². The average Bonchev–Trinajstić information content (AvgIpc) is 2.42. The molecule has 2 unspecified atom stereocenters. The van der Waals surface area contributed by atoms with E-state index >= 15 is 0 Å². The third-order valence-corrected chi connectivity index (χ3v) is 3.06. The van der Waals surface area contributed by atoms with Gasteiger partial charge in [-0.15, -0.1) is 0 Å². The van der Waals surface area contributed by atoms with Crippen LogP contribution in [-0.4, -0.2) is 50.3 Å². The minimum atomic E-state index is 0.392. The van der Waals surface area contributed by atoms with E-state index in [0.29, 0.717) is 12.1 Å². The zero-order chi connectivity index (χ0) is 11.1. The summed E-state index contributed by atoms with van der Waals surface area (Å²) < 4.78 is 5.68. The minimum Gasteiger partial charge on any atom is -0.377 e. The van der Waals surface area contributed by atoms with Crippen LogP contribution in [0.3, 0.4) is 0 Å². The molecule has 3 nitrogen and oxygen atoms in total. The Morgan fingerprint density at radius 1 is 1.53 bits per heavy atom. The lowest BCUT2D eigenvalue weighted by molar-refractivity contribution is 0.0597. The summed E-state index contributed by atoms with van der Waals surface area (Å²) in [6.45, 7) is 8.75. The van der Waals surface area contributed by atoms with Crippen molar-refractivity contribution in [3.63, 3.8) is 0 Å². The summed E-state index contributed by atoms with van der Waals surface area (Å²) in [7, 11) is 2.04. The Hall–Kier alpha value is -0.120. The van der Waals surface area contributed by atoms with Gasteiger partial charge in [-0.25, -0.2) is 0 Å². The number of nitrogens with zero attached hydrogens (tertiary/aromatic N) is 1. The normalized spacial score (nSPS) is 26.2. The molecule has 1 aliphatic rings. The predicted octanol–water partition coefficient (Wildman–Crippen LogP) is 1.49. The quantitative estimate of drug-likeness (QED) is 0.750. The second-order valence-corrected chi connectivity index (χ2v) is 4.53. The van der Waals surface area contributed by atoms with Crippen LogP contribution in [0.5, 0.6) is 0 Å². The van der Waals surface area contributed by atoms with E-state index in [1.807, 2.05) is 7.05 Å². The zero-order valence-corrected chi connectivity index (χ0v) is 10.5. The Bertz CT molecular complexity index is 158. The second-order valence-electron chi connectivity index (χ2n) is 4.53. The van der Waals surface area contributed by atoms with E-state index in [9.17, 15) is 0 Å². The molecule has 90 valence electrons. The van der Waals surface area contributed by atoms with Crippen molar-refractivity contribution in [1.82, 2.24) is 10.2 Å². The van der Waals surface area contributed by atoms with Gasteiger partial charge in [0.25, 0.3) is 0 Å². The highest BCUT2D eigenvalue weighted by Crippen LogP contribution is 2.12. The Labute approximate surface area is 94.2 Å². The maximum absolute atomic E-state index is 5.68. The van der Waals surface area contributed by atoms with Crippen molar-refractivity contribution >= 4 is 0 Å². The highest BCUT2D eigenvalue weighted by atomic mass is 16.5. The molecule has 3 heteroatoms. The largest absolute Gasteiger partial charge is 0.377 e. The van der Waals surface area contributed by atoms with E-state index in [2.05, 4.69) is 24.1 Å².